The van der Waals surface area contributed by atoms with E-state index in [1.165, 1.54) is 25.1 Å². The molecule has 0 aromatic heterocycles. The van der Waals surface area contributed by atoms with E-state index < -0.39 is 5.82 Å². The van der Waals surface area contributed by atoms with E-state index in [0.717, 1.165) is 0 Å². The zero-order valence-electron chi connectivity index (χ0n) is 11.4. The zero-order valence-corrected chi connectivity index (χ0v) is 12.2. The zero-order chi connectivity index (χ0) is 15.2. The number of carbonyl (C=O) groups excluding carboxylic acids is 1. The molecule has 2 aromatic rings. The normalized spacial score (nSPS) is 10.2. The van der Waals surface area contributed by atoms with Crippen molar-refractivity contribution in [1.29, 1.82) is 0 Å². The van der Waals surface area contributed by atoms with Gasteiger partial charge in [0.2, 0.25) is 0 Å². The third-order valence-electron chi connectivity index (χ3n) is 2.76. The molecule has 0 spiro atoms. The summed E-state index contributed by atoms with van der Waals surface area (Å²) >= 11 is 5.84. The van der Waals surface area contributed by atoms with Gasteiger partial charge in [-0.1, -0.05) is 23.7 Å². The first-order chi connectivity index (χ1) is 10.1. The number of rotatable bonds is 6. The van der Waals surface area contributed by atoms with Crippen molar-refractivity contribution >= 4 is 17.4 Å². The van der Waals surface area contributed by atoms with Gasteiger partial charge in [0.1, 0.15) is 30.5 Å². The van der Waals surface area contributed by atoms with E-state index in [4.69, 9.17) is 21.1 Å². The minimum atomic E-state index is -0.418. The lowest BCUT2D eigenvalue weighted by Gasteiger charge is -2.11. The fourth-order valence-corrected chi connectivity index (χ4v) is 2.00. The van der Waals surface area contributed by atoms with E-state index in [-0.39, 0.29) is 24.0 Å². The Kier molecular flexibility index (Phi) is 5.17. The smallest absolute Gasteiger partial charge is 0.163 e. The van der Waals surface area contributed by atoms with Crippen LogP contribution in [0.4, 0.5) is 4.39 Å². The highest BCUT2D eigenvalue weighted by atomic mass is 35.5. The molecule has 0 amide bonds. The average molecular weight is 309 g/mol. The number of para-hydroxylation sites is 1. The summed E-state index contributed by atoms with van der Waals surface area (Å²) < 4.78 is 23.8. The Morgan fingerprint density at radius 1 is 1.10 bits per heavy atom. The molecule has 5 heteroatoms. The Bertz CT molecular complexity index is 643. The van der Waals surface area contributed by atoms with Crippen LogP contribution in [0.15, 0.2) is 42.5 Å². The van der Waals surface area contributed by atoms with Crippen molar-refractivity contribution in [1.82, 2.24) is 0 Å². The standard InChI is InChI=1S/C16H14ClFO3/c1-11(19)13-4-2-3-5-15(13)20-8-9-21-16-7-6-12(18)10-14(16)17/h2-7,10H,8-9H2,1H3. The van der Waals surface area contributed by atoms with Gasteiger partial charge in [0.15, 0.2) is 5.78 Å². The predicted molar refractivity (Wildman–Crippen MR) is 78.8 cm³/mol. The van der Waals surface area contributed by atoms with Crippen molar-refractivity contribution in [3.05, 3.63) is 58.9 Å². The van der Waals surface area contributed by atoms with Gasteiger partial charge in [0.25, 0.3) is 0 Å². The molecule has 0 aliphatic carbocycles. The summed E-state index contributed by atoms with van der Waals surface area (Å²) in [6, 6.07) is 10.9. The summed E-state index contributed by atoms with van der Waals surface area (Å²) in [6.07, 6.45) is 0. The first-order valence-electron chi connectivity index (χ1n) is 6.38. The van der Waals surface area contributed by atoms with Crippen LogP contribution in [0.25, 0.3) is 0 Å². The van der Waals surface area contributed by atoms with Crippen LogP contribution in [0.3, 0.4) is 0 Å². The molecule has 110 valence electrons. The molecule has 0 unspecified atom stereocenters. The molecule has 21 heavy (non-hydrogen) atoms. The Morgan fingerprint density at radius 2 is 1.76 bits per heavy atom. The number of carbonyl (C=O) groups is 1. The van der Waals surface area contributed by atoms with Crippen LogP contribution in [0.2, 0.25) is 5.02 Å². The molecule has 0 N–H and O–H groups in total. The predicted octanol–water partition coefficient (Wildman–Crippen LogP) is 4.14. The molecule has 0 atom stereocenters. The van der Waals surface area contributed by atoms with E-state index in [1.54, 1.807) is 24.3 Å². The molecule has 2 aromatic carbocycles. The lowest BCUT2D eigenvalue weighted by Crippen LogP contribution is -2.11. The molecular weight excluding hydrogens is 295 g/mol. The van der Waals surface area contributed by atoms with Crippen molar-refractivity contribution in [3.8, 4) is 11.5 Å². The molecular formula is C16H14ClFO3. The number of halogens is 2. The quantitative estimate of drug-likeness (QED) is 0.594. The van der Waals surface area contributed by atoms with Crippen molar-refractivity contribution in [2.45, 2.75) is 6.92 Å². The van der Waals surface area contributed by atoms with Crippen LogP contribution < -0.4 is 9.47 Å². The molecule has 3 nitrogen and oxygen atoms in total. The molecule has 0 bridgehead atoms. The van der Waals surface area contributed by atoms with Crippen molar-refractivity contribution in [2.75, 3.05) is 13.2 Å². The van der Waals surface area contributed by atoms with Crippen LogP contribution in [0.1, 0.15) is 17.3 Å². The van der Waals surface area contributed by atoms with Crippen LogP contribution in [-0.4, -0.2) is 19.0 Å². The fourth-order valence-electron chi connectivity index (χ4n) is 1.78. The summed E-state index contributed by atoms with van der Waals surface area (Å²) in [5, 5.41) is 0.208. The number of hydrogen-bond acceptors (Lipinski definition) is 3. The average Bonchev–Trinajstić information content (AvgIpc) is 2.45. The highest BCUT2D eigenvalue weighted by Crippen LogP contribution is 2.25. The lowest BCUT2D eigenvalue weighted by molar-refractivity contribution is 0.101. The third-order valence-corrected chi connectivity index (χ3v) is 3.05. The summed E-state index contributed by atoms with van der Waals surface area (Å²) in [5.41, 5.74) is 0.525. The Hall–Kier alpha value is -2.07. The van der Waals surface area contributed by atoms with Crippen molar-refractivity contribution in [2.24, 2.45) is 0 Å². The maximum atomic E-state index is 12.9. The van der Waals surface area contributed by atoms with Gasteiger partial charge in [-0.05, 0) is 37.3 Å². The molecule has 0 radical (unpaired) electrons. The van der Waals surface area contributed by atoms with Crippen LogP contribution in [0.5, 0.6) is 11.5 Å². The topological polar surface area (TPSA) is 35.5 Å². The Morgan fingerprint density at radius 3 is 2.43 bits per heavy atom. The number of benzene rings is 2. The van der Waals surface area contributed by atoms with Crippen molar-refractivity contribution in [3.63, 3.8) is 0 Å². The lowest BCUT2D eigenvalue weighted by atomic mass is 10.1. The van der Waals surface area contributed by atoms with Crippen LogP contribution in [-0.2, 0) is 0 Å². The van der Waals surface area contributed by atoms with Crippen LogP contribution >= 0.6 is 11.6 Å². The van der Waals surface area contributed by atoms with Gasteiger partial charge in [0, 0.05) is 0 Å². The highest BCUT2D eigenvalue weighted by Gasteiger charge is 2.07. The van der Waals surface area contributed by atoms with Crippen molar-refractivity contribution < 1.29 is 18.7 Å². The first kappa shape index (κ1) is 15.3. The Balaban J connectivity index is 1.89. The van der Waals surface area contributed by atoms with Gasteiger partial charge >= 0.3 is 0 Å². The second-order valence-corrected chi connectivity index (χ2v) is 4.73. The second kappa shape index (κ2) is 7.09. The fraction of sp³-hybridized carbons (Fsp3) is 0.188. The third kappa shape index (κ3) is 4.20. The van der Waals surface area contributed by atoms with Gasteiger partial charge in [-0.2, -0.15) is 0 Å². The molecule has 0 aliphatic rings. The first-order valence-corrected chi connectivity index (χ1v) is 6.76. The largest absolute Gasteiger partial charge is 0.489 e. The summed E-state index contributed by atoms with van der Waals surface area (Å²) in [6.45, 7) is 1.96. The number of Topliss-reactive ketones (excluding diaryl/α,β-unsaturated/α-hetero) is 1. The van der Waals surface area contributed by atoms with Crippen LogP contribution in [0, 0.1) is 5.82 Å². The van der Waals surface area contributed by atoms with Gasteiger partial charge < -0.3 is 9.47 Å². The monoisotopic (exact) mass is 308 g/mol. The highest BCUT2D eigenvalue weighted by molar-refractivity contribution is 6.32. The summed E-state index contributed by atoms with van der Waals surface area (Å²) in [7, 11) is 0. The minimum absolute atomic E-state index is 0.0619. The summed E-state index contributed by atoms with van der Waals surface area (Å²) in [4.78, 5) is 11.4. The van der Waals surface area contributed by atoms with E-state index in [0.29, 0.717) is 17.1 Å². The van der Waals surface area contributed by atoms with Gasteiger partial charge in [-0.25, -0.2) is 4.39 Å². The minimum Gasteiger partial charge on any atom is -0.489 e. The number of hydrogen-bond donors (Lipinski definition) is 0. The van der Waals surface area contributed by atoms with Gasteiger partial charge in [-0.15, -0.1) is 0 Å². The number of ether oxygens (including phenoxy) is 2. The SMILES string of the molecule is CC(=O)c1ccccc1OCCOc1ccc(F)cc1Cl. The van der Waals surface area contributed by atoms with E-state index in [2.05, 4.69) is 0 Å². The molecule has 0 fully saturated rings. The molecule has 0 saturated carbocycles. The summed E-state index contributed by atoms with van der Waals surface area (Å²) in [5.74, 6) is 0.424. The van der Waals surface area contributed by atoms with E-state index in [9.17, 15) is 9.18 Å². The molecule has 0 saturated heterocycles. The second-order valence-electron chi connectivity index (χ2n) is 4.32. The Labute approximate surface area is 127 Å². The maximum absolute atomic E-state index is 12.9. The molecule has 2 rings (SSSR count). The van der Waals surface area contributed by atoms with E-state index >= 15 is 0 Å². The van der Waals surface area contributed by atoms with E-state index in [1.807, 2.05) is 0 Å². The van der Waals surface area contributed by atoms with Gasteiger partial charge in [-0.3, -0.25) is 4.79 Å². The maximum Gasteiger partial charge on any atom is 0.163 e. The number of ketones is 1. The molecule has 0 heterocycles. The molecule has 0 aliphatic heterocycles. The van der Waals surface area contributed by atoms with Gasteiger partial charge in [0.05, 0.1) is 10.6 Å².